The third kappa shape index (κ3) is 4.11. The van der Waals surface area contributed by atoms with Crippen molar-refractivity contribution in [2.24, 2.45) is 0 Å². The van der Waals surface area contributed by atoms with Gasteiger partial charge in [0.05, 0.1) is 0 Å². The minimum Gasteiger partial charge on any atom is -0.464 e. The standard InChI is InChI=1S/C20H25FO2/c1-13(2)17-9-16(11-19(21)20(17)23-12-22-5)10-18-14(3)7-6-8-15(18)4/h6-9,11,13H,10,12H2,1-5H3. The van der Waals surface area contributed by atoms with Gasteiger partial charge in [-0.1, -0.05) is 38.1 Å². The van der Waals surface area contributed by atoms with Crippen molar-refractivity contribution < 1.29 is 13.9 Å². The van der Waals surface area contributed by atoms with Crippen LogP contribution in [-0.4, -0.2) is 13.9 Å². The van der Waals surface area contributed by atoms with Crippen LogP contribution in [0.4, 0.5) is 4.39 Å². The van der Waals surface area contributed by atoms with Gasteiger partial charge in [0.1, 0.15) is 0 Å². The van der Waals surface area contributed by atoms with E-state index in [2.05, 4.69) is 32.0 Å². The van der Waals surface area contributed by atoms with Crippen molar-refractivity contribution in [1.29, 1.82) is 0 Å². The van der Waals surface area contributed by atoms with E-state index in [1.165, 1.54) is 23.8 Å². The highest BCUT2D eigenvalue weighted by Gasteiger charge is 2.16. The Morgan fingerprint density at radius 1 is 1.09 bits per heavy atom. The molecule has 0 saturated heterocycles. The van der Waals surface area contributed by atoms with E-state index in [0.29, 0.717) is 5.75 Å². The van der Waals surface area contributed by atoms with Gasteiger partial charge in [-0.3, -0.25) is 0 Å². The first kappa shape index (κ1) is 17.5. The lowest BCUT2D eigenvalue weighted by molar-refractivity contribution is 0.0473. The molecule has 2 nitrogen and oxygen atoms in total. The van der Waals surface area contributed by atoms with E-state index in [1.807, 2.05) is 19.9 Å². The van der Waals surface area contributed by atoms with E-state index in [4.69, 9.17) is 9.47 Å². The van der Waals surface area contributed by atoms with Gasteiger partial charge in [0.2, 0.25) is 0 Å². The van der Waals surface area contributed by atoms with Gasteiger partial charge < -0.3 is 9.47 Å². The molecule has 0 radical (unpaired) electrons. The van der Waals surface area contributed by atoms with Crippen LogP contribution in [0.3, 0.4) is 0 Å². The lowest BCUT2D eigenvalue weighted by Gasteiger charge is -2.17. The molecule has 3 heteroatoms. The number of rotatable bonds is 6. The Balaban J connectivity index is 2.41. The number of hydrogen-bond donors (Lipinski definition) is 0. The van der Waals surface area contributed by atoms with E-state index in [0.717, 1.165) is 17.5 Å². The summed E-state index contributed by atoms with van der Waals surface area (Å²) in [5.74, 6) is 0.149. The minimum absolute atomic E-state index is 0.0485. The smallest absolute Gasteiger partial charge is 0.188 e. The van der Waals surface area contributed by atoms with Crippen molar-refractivity contribution >= 4 is 0 Å². The molecule has 0 aromatic heterocycles. The SMILES string of the molecule is COCOc1c(F)cc(Cc2c(C)cccc2C)cc1C(C)C. The summed E-state index contributed by atoms with van der Waals surface area (Å²) in [5, 5.41) is 0. The second kappa shape index (κ2) is 7.60. The Labute approximate surface area is 138 Å². The fraction of sp³-hybridized carbons (Fsp3) is 0.400. The molecule has 0 fully saturated rings. The zero-order valence-electron chi connectivity index (χ0n) is 14.6. The van der Waals surface area contributed by atoms with Crippen molar-refractivity contribution in [2.75, 3.05) is 13.9 Å². The predicted molar refractivity (Wildman–Crippen MR) is 91.7 cm³/mol. The van der Waals surface area contributed by atoms with Crippen LogP contribution in [-0.2, 0) is 11.2 Å². The fourth-order valence-electron chi connectivity index (χ4n) is 2.81. The van der Waals surface area contributed by atoms with Crippen LogP contribution in [0.5, 0.6) is 5.75 Å². The molecular weight excluding hydrogens is 291 g/mol. The molecule has 0 aliphatic heterocycles. The molecule has 0 bridgehead atoms. The Morgan fingerprint density at radius 3 is 2.30 bits per heavy atom. The number of methoxy groups -OCH3 is 1. The van der Waals surface area contributed by atoms with Crippen LogP contribution < -0.4 is 4.74 Å². The van der Waals surface area contributed by atoms with E-state index < -0.39 is 0 Å². The molecule has 2 aromatic rings. The molecule has 0 heterocycles. The topological polar surface area (TPSA) is 18.5 Å². The quantitative estimate of drug-likeness (QED) is 0.687. The number of ether oxygens (including phenoxy) is 2. The zero-order valence-corrected chi connectivity index (χ0v) is 14.6. The first-order valence-electron chi connectivity index (χ1n) is 7.93. The number of aryl methyl sites for hydroxylation is 2. The van der Waals surface area contributed by atoms with Gasteiger partial charge in [0.25, 0.3) is 0 Å². The maximum atomic E-state index is 14.5. The van der Waals surface area contributed by atoms with Crippen molar-refractivity contribution in [1.82, 2.24) is 0 Å². The summed E-state index contributed by atoms with van der Waals surface area (Å²) >= 11 is 0. The molecule has 0 N–H and O–H groups in total. The second-order valence-corrected chi connectivity index (χ2v) is 6.25. The van der Waals surface area contributed by atoms with Gasteiger partial charge >= 0.3 is 0 Å². The molecule has 0 saturated carbocycles. The lowest BCUT2D eigenvalue weighted by Crippen LogP contribution is -2.06. The average molecular weight is 316 g/mol. The van der Waals surface area contributed by atoms with Gasteiger partial charge in [-0.2, -0.15) is 0 Å². The maximum Gasteiger partial charge on any atom is 0.188 e. The van der Waals surface area contributed by atoms with Gasteiger partial charge in [-0.15, -0.1) is 0 Å². The lowest BCUT2D eigenvalue weighted by atomic mass is 9.93. The van der Waals surface area contributed by atoms with Gasteiger partial charge in [-0.05, 0) is 54.5 Å². The highest BCUT2D eigenvalue weighted by Crippen LogP contribution is 2.32. The van der Waals surface area contributed by atoms with Crippen LogP contribution in [0, 0.1) is 19.7 Å². The van der Waals surface area contributed by atoms with Crippen molar-refractivity contribution in [3.8, 4) is 5.75 Å². The van der Waals surface area contributed by atoms with Crippen LogP contribution in [0.25, 0.3) is 0 Å². The van der Waals surface area contributed by atoms with Crippen molar-refractivity contribution in [2.45, 2.75) is 40.0 Å². The first-order chi connectivity index (χ1) is 10.9. The summed E-state index contributed by atoms with van der Waals surface area (Å²) in [5.41, 5.74) is 5.57. The molecule has 0 amide bonds. The number of hydrogen-bond acceptors (Lipinski definition) is 2. The van der Waals surface area contributed by atoms with E-state index >= 15 is 0 Å². The molecule has 0 unspecified atom stereocenters. The van der Waals surface area contributed by atoms with Crippen LogP contribution in [0.15, 0.2) is 30.3 Å². The van der Waals surface area contributed by atoms with E-state index in [-0.39, 0.29) is 18.5 Å². The summed E-state index contributed by atoms with van der Waals surface area (Å²) in [4.78, 5) is 0. The van der Waals surface area contributed by atoms with Gasteiger partial charge in [-0.25, -0.2) is 4.39 Å². The summed E-state index contributed by atoms with van der Waals surface area (Å²) in [7, 11) is 1.53. The molecule has 0 aliphatic carbocycles. The zero-order chi connectivity index (χ0) is 17.0. The Hall–Kier alpha value is -1.87. The normalized spacial score (nSPS) is 11.1. The van der Waals surface area contributed by atoms with Gasteiger partial charge in [0.15, 0.2) is 18.4 Å². The molecule has 0 spiro atoms. The van der Waals surface area contributed by atoms with Crippen LogP contribution in [0.1, 0.15) is 47.6 Å². The molecule has 0 atom stereocenters. The molecule has 0 aliphatic rings. The summed E-state index contributed by atoms with van der Waals surface area (Å²) < 4.78 is 24.9. The molecule has 23 heavy (non-hydrogen) atoms. The van der Waals surface area contributed by atoms with Crippen LogP contribution in [0.2, 0.25) is 0 Å². The van der Waals surface area contributed by atoms with E-state index in [1.54, 1.807) is 6.07 Å². The Morgan fingerprint density at radius 2 is 1.74 bits per heavy atom. The monoisotopic (exact) mass is 316 g/mol. The third-order valence-electron chi connectivity index (χ3n) is 4.10. The first-order valence-corrected chi connectivity index (χ1v) is 7.93. The Bertz CT molecular complexity index is 657. The summed E-state index contributed by atoms with van der Waals surface area (Å²) in [6.07, 6.45) is 0.722. The van der Waals surface area contributed by atoms with Crippen LogP contribution >= 0.6 is 0 Å². The largest absolute Gasteiger partial charge is 0.464 e. The summed E-state index contributed by atoms with van der Waals surface area (Å²) in [6, 6.07) is 9.86. The van der Waals surface area contributed by atoms with E-state index in [9.17, 15) is 4.39 Å². The molecular formula is C20H25FO2. The predicted octanol–water partition coefficient (Wildman–Crippen LogP) is 5.14. The van der Waals surface area contributed by atoms with Crippen molar-refractivity contribution in [3.63, 3.8) is 0 Å². The molecule has 2 aromatic carbocycles. The second-order valence-electron chi connectivity index (χ2n) is 6.25. The summed E-state index contributed by atoms with van der Waals surface area (Å²) in [6.45, 7) is 8.32. The fourth-order valence-corrected chi connectivity index (χ4v) is 2.81. The number of halogens is 1. The molecule has 2 rings (SSSR count). The highest BCUT2D eigenvalue weighted by molar-refractivity contribution is 5.44. The maximum absolute atomic E-state index is 14.5. The molecule has 124 valence electrons. The minimum atomic E-state index is -0.325. The van der Waals surface area contributed by atoms with Crippen molar-refractivity contribution in [3.05, 3.63) is 64.0 Å². The average Bonchev–Trinajstić information content (AvgIpc) is 2.49. The Kier molecular flexibility index (Phi) is 5.78. The van der Waals surface area contributed by atoms with Gasteiger partial charge in [0, 0.05) is 12.7 Å². The third-order valence-corrected chi connectivity index (χ3v) is 4.10. The number of benzene rings is 2. The highest BCUT2D eigenvalue weighted by atomic mass is 19.1.